The molecule has 0 saturated carbocycles. The number of carbonyl (C=O) groups is 2. The summed E-state index contributed by atoms with van der Waals surface area (Å²) < 4.78 is 5.14. The van der Waals surface area contributed by atoms with Crippen LogP contribution in [0.3, 0.4) is 0 Å². The number of rotatable bonds is 4. The van der Waals surface area contributed by atoms with E-state index in [1.165, 1.54) is 16.8 Å². The number of fused-ring (bicyclic) bond motifs is 1. The molecule has 5 nitrogen and oxygen atoms in total. The van der Waals surface area contributed by atoms with Gasteiger partial charge in [0.15, 0.2) is 6.61 Å². The lowest BCUT2D eigenvalue weighted by Gasteiger charge is -2.28. The number of amides is 1. The molecule has 1 aliphatic rings. The summed E-state index contributed by atoms with van der Waals surface area (Å²) in [4.78, 5) is 26.7. The van der Waals surface area contributed by atoms with Crippen LogP contribution >= 0.6 is 11.3 Å². The Kier molecular flexibility index (Phi) is 4.87. The van der Waals surface area contributed by atoms with Crippen molar-refractivity contribution in [2.45, 2.75) is 45.1 Å². The van der Waals surface area contributed by atoms with Crippen LogP contribution < -0.4 is 0 Å². The van der Waals surface area contributed by atoms with Gasteiger partial charge in [-0.1, -0.05) is 0 Å². The van der Waals surface area contributed by atoms with Crippen molar-refractivity contribution >= 4 is 23.2 Å². The lowest BCUT2D eigenvalue weighted by atomic mass is 9.96. The third kappa shape index (κ3) is 3.30. The minimum atomic E-state index is -0.926. The van der Waals surface area contributed by atoms with Gasteiger partial charge in [0.1, 0.15) is 5.54 Å². The van der Waals surface area contributed by atoms with Crippen molar-refractivity contribution in [3.8, 4) is 6.07 Å². The van der Waals surface area contributed by atoms with E-state index >= 15 is 0 Å². The second-order valence-corrected chi connectivity index (χ2v) is 6.92. The first-order valence-corrected chi connectivity index (χ1v) is 8.19. The molecule has 1 aromatic heterocycles. The normalized spacial score (nSPS) is 13.9. The Bertz CT molecular complexity index is 628. The van der Waals surface area contributed by atoms with Crippen LogP contribution in [0.1, 0.15) is 47.5 Å². The van der Waals surface area contributed by atoms with Crippen molar-refractivity contribution in [3.63, 3.8) is 0 Å². The van der Waals surface area contributed by atoms with Crippen LogP contribution in [0.25, 0.3) is 0 Å². The van der Waals surface area contributed by atoms with Gasteiger partial charge in [-0.3, -0.25) is 4.79 Å². The highest BCUT2D eigenvalue weighted by Crippen LogP contribution is 2.30. The van der Waals surface area contributed by atoms with E-state index in [1.54, 1.807) is 25.2 Å². The zero-order valence-electron chi connectivity index (χ0n) is 13.1. The topological polar surface area (TPSA) is 70.4 Å². The largest absolute Gasteiger partial charge is 0.452 e. The smallest absolute Gasteiger partial charge is 0.339 e. The van der Waals surface area contributed by atoms with Gasteiger partial charge in [0, 0.05) is 17.3 Å². The van der Waals surface area contributed by atoms with Crippen LogP contribution in [0.5, 0.6) is 0 Å². The second-order valence-electron chi connectivity index (χ2n) is 5.96. The number of hydrogen-bond acceptors (Lipinski definition) is 5. The number of ether oxygens (including phenoxy) is 1. The van der Waals surface area contributed by atoms with E-state index in [0.717, 1.165) is 31.2 Å². The lowest BCUT2D eigenvalue weighted by Crippen LogP contribution is -2.45. The van der Waals surface area contributed by atoms with Gasteiger partial charge in [0.2, 0.25) is 0 Å². The molecule has 0 fully saturated rings. The molecular weight excluding hydrogens is 300 g/mol. The van der Waals surface area contributed by atoms with E-state index in [0.29, 0.717) is 5.56 Å². The molecule has 22 heavy (non-hydrogen) atoms. The summed E-state index contributed by atoms with van der Waals surface area (Å²) in [5.41, 5.74) is 0.750. The van der Waals surface area contributed by atoms with E-state index in [4.69, 9.17) is 10.00 Å². The van der Waals surface area contributed by atoms with Crippen molar-refractivity contribution in [1.82, 2.24) is 4.90 Å². The first-order valence-electron chi connectivity index (χ1n) is 7.31. The van der Waals surface area contributed by atoms with E-state index in [9.17, 15) is 9.59 Å². The predicted octanol–water partition coefficient (Wildman–Crippen LogP) is 2.54. The van der Waals surface area contributed by atoms with Gasteiger partial charge in [-0.25, -0.2) is 4.79 Å². The minimum Gasteiger partial charge on any atom is -0.452 e. The molecule has 1 heterocycles. The zero-order valence-corrected chi connectivity index (χ0v) is 14.0. The number of likely N-dealkylation sites (N-methyl/N-ethyl adjacent to an activating group) is 1. The van der Waals surface area contributed by atoms with E-state index in [1.807, 2.05) is 11.4 Å². The number of carbonyl (C=O) groups excluding carboxylic acids is 2. The predicted molar refractivity (Wildman–Crippen MR) is 83.7 cm³/mol. The third-order valence-electron chi connectivity index (χ3n) is 4.09. The fourth-order valence-corrected chi connectivity index (χ4v) is 3.47. The minimum absolute atomic E-state index is 0.342. The van der Waals surface area contributed by atoms with Gasteiger partial charge in [-0.2, -0.15) is 5.26 Å². The number of aryl methyl sites for hydroxylation is 1. The molecule has 0 atom stereocenters. The SMILES string of the molecule is CN(C(=O)COC(=O)c1csc2c1CCCC2)C(C)(C)C#N. The summed E-state index contributed by atoms with van der Waals surface area (Å²) in [7, 11) is 1.53. The number of nitrogens with zero attached hydrogens (tertiary/aromatic N) is 2. The molecule has 0 aliphatic heterocycles. The molecule has 0 unspecified atom stereocenters. The highest BCUT2D eigenvalue weighted by atomic mass is 32.1. The maximum atomic E-state index is 12.2. The number of esters is 1. The van der Waals surface area contributed by atoms with Crippen molar-refractivity contribution < 1.29 is 14.3 Å². The van der Waals surface area contributed by atoms with E-state index in [-0.39, 0.29) is 12.5 Å². The molecule has 118 valence electrons. The maximum absolute atomic E-state index is 12.2. The Balaban J connectivity index is 1.98. The van der Waals surface area contributed by atoms with Gasteiger partial charge in [-0.05, 0) is 45.1 Å². The Labute approximate surface area is 134 Å². The van der Waals surface area contributed by atoms with Crippen LogP contribution in [-0.2, 0) is 22.4 Å². The molecule has 0 bridgehead atoms. The van der Waals surface area contributed by atoms with Crippen LogP contribution in [0.2, 0.25) is 0 Å². The molecule has 1 amide bonds. The molecule has 0 radical (unpaired) electrons. The highest BCUT2D eigenvalue weighted by molar-refractivity contribution is 7.10. The van der Waals surface area contributed by atoms with Gasteiger partial charge in [0.25, 0.3) is 5.91 Å². The van der Waals surface area contributed by atoms with Crippen LogP contribution in [0.15, 0.2) is 5.38 Å². The van der Waals surface area contributed by atoms with Crippen LogP contribution in [0.4, 0.5) is 0 Å². The van der Waals surface area contributed by atoms with Gasteiger partial charge >= 0.3 is 5.97 Å². The fourth-order valence-electron chi connectivity index (χ4n) is 2.35. The van der Waals surface area contributed by atoms with Crippen molar-refractivity contribution in [2.24, 2.45) is 0 Å². The molecular formula is C16H20N2O3S. The lowest BCUT2D eigenvalue weighted by molar-refractivity contribution is -0.136. The molecule has 0 N–H and O–H groups in total. The van der Waals surface area contributed by atoms with Crippen molar-refractivity contribution in [1.29, 1.82) is 5.26 Å². The Morgan fingerprint density at radius 3 is 2.77 bits per heavy atom. The summed E-state index contributed by atoms with van der Waals surface area (Å²) in [5.74, 6) is -0.833. The third-order valence-corrected chi connectivity index (χ3v) is 5.18. The standard InChI is InChI=1S/C16H20N2O3S/c1-16(2,10-17)18(3)14(19)8-21-15(20)12-9-22-13-7-5-4-6-11(12)13/h9H,4-8H2,1-3H3. The monoisotopic (exact) mass is 320 g/mol. The summed E-state index contributed by atoms with van der Waals surface area (Å²) >= 11 is 1.59. The van der Waals surface area contributed by atoms with Gasteiger partial charge < -0.3 is 9.64 Å². The number of hydrogen-bond donors (Lipinski definition) is 0. The molecule has 1 aliphatic carbocycles. The molecule has 0 spiro atoms. The maximum Gasteiger partial charge on any atom is 0.339 e. The van der Waals surface area contributed by atoms with Gasteiger partial charge in [0.05, 0.1) is 11.6 Å². The summed E-state index contributed by atoms with van der Waals surface area (Å²) in [6.45, 7) is 2.94. The number of nitriles is 1. The summed E-state index contributed by atoms with van der Waals surface area (Å²) in [5, 5.41) is 10.8. The molecule has 2 rings (SSSR count). The first-order chi connectivity index (χ1) is 10.4. The van der Waals surface area contributed by atoms with E-state index < -0.39 is 11.5 Å². The highest BCUT2D eigenvalue weighted by Gasteiger charge is 2.28. The summed E-state index contributed by atoms with van der Waals surface area (Å²) in [6, 6.07) is 2.04. The summed E-state index contributed by atoms with van der Waals surface area (Å²) in [6.07, 6.45) is 4.17. The average Bonchev–Trinajstić information content (AvgIpc) is 2.95. The first kappa shape index (κ1) is 16.5. The Morgan fingerprint density at radius 2 is 2.09 bits per heavy atom. The average molecular weight is 320 g/mol. The fraction of sp³-hybridized carbons (Fsp3) is 0.562. The van der Waals surface area contributed by atoms with Crippen molar-refractivity contribution in [2.75, 3.05) is 13.7 Å². The van der Waals surface area contributed by atoms with Crippen LogP contribution in [-0.4, -0.2) is 36.0 Å². The molecule has 0 saturated heterocycles. The van der Waals surface area contributed by atoms with Gasteiger partial charge in [-0.15, -0.1) is 11.3 Å². The number of thiophene rings is 1. The van der Waals surface area contributed by atoms with Crippen molar-refractivity contribution in [3.05, 3.63) is 21.4 Å². The molecule has 1 aromatic rings. The molecule has 0 aromatic carbocycles. The molecule has 6 heteroatoms. The second kappa shape index (κ2) is 6.49. The van der Waals surface area contributed by atoms with E-state index in [2.05, 4.69) is 0 Å². The zero-order chi connectivity index (χ0) is 16.3. The van der Waals surface area contributed by atoms with Crippen LogP contribution in [0, 0.1) is 11.3 Å². The quantitative estimate of drug-likeness (QED) is 0.799. The Morgan fingerprint density at radius 1 is 1.41 bits per heavy atom. The Hall–Kier alpha value is -1.87.